The van der Waals surface area contributed by atoms with E-state index in [-0.39, 0.29) is 18.4 Å². The predicted octanol–water partition coefficient (Wildman–Crippen LogP) is 2.29. The van der Waals surface area contributed by atoms with Gasteiger partial charge in [0.2, 0.25) is 11.8 Å². The SMILES string of the molecule is C=CC(=O)N(CC)CC(=O)Nc1ccc(C)c(OC)c1C. The Morgan fingerprint density at radius 2 is 2.05 bits per heavy atom. The van der Waals surface area contributed by atoms with Gasteiger partial charge < -0.3 is 15.0 Å². The summed E-state index contributed by atoms with van der Waals surface area (Å²) < 4.78 is 5.33. The summed E-state index contributed by atoms with van der Waals surface area (Å²) in [5.74, 6) is 0.245. The van der Waals surface area contributed by atoms with Gasteiger partial charge in [0.05, 0.1) is 7.11 Å². The molecule has 0 aliphatic carbocycles. The molecule has 0 radical (unpaired) electrons. The van der Waals surface area contributed by atoms with E-state index < -0.39 is 0 Å². The lowest BCUT2D eigenvalue weighted by atomic mass is 10.1. The Morgan fingerprint density at radius 3 is 2.57 bits per heavy atom. The summed E-state index contributed by atoms with van der Waals surface area (Å²) in [6.45, 7) is 9.52. The molecule has 0 spiro atoms. The molecule has 0 fully saturated rings. The van der Waals surface area contributed by atoms with Crippen LogP contribution >= 0.6 is 0 Å². The standard InChI is InChI=1S/C16H22N2O3/c1-6-15(20)18(7-2)10-14(19)17-13-9-8-11(3)16(21-5)12(13)4/h6,8-9H,1,7,10H2,2-5H3,(H,17,19). The second kappa shape index (κ2) is 7.47. The Hall–Kier alpha value is -2.30. The van der Waals surface area contributed by atoms with Crippen molar-refractivity contribution >= 4 is 17.5 Å². The third kappa shape index (κ3) is 4.08. The molecule has 0 bridgehead atoms. The number of benzene rings is 1. The van der Waals surface area contributed by atoms with Crippen molar-refractivity contribution in [3.05, 3.63) is 35.9 Å². The number of aryl methyl sites for hydroxylation is 1. The predicted molar refractivity (Wildman–Crippen MR) is 83.5 cm³/mol. The maximum Gasteiger partial charge on any atom is 0.246 e. The van der Waals surface area contributed by atoms with Gasteiger partial charge in [-0.25, -0.2) is 0 Å². The van der Waals surface area contributed by atoms with E-state index in [0.717, 1.165) is 16.9 Å². The molecule has 1 aromatic rings. The molecule has 5 nitrogen and oxygen atoms in total. The lowest BCUT2D eigenvalue weighted by molar-refractivity contribution is -0.130. The van der Waals surface area contributed by atoms with Gasteiger partial charge >= 0.3 is 0 Å². The van der Waals surface area contributed by atoms with E-state index in [4.69, 9.17) is 4.74 Å². The van der Waals surface area contributed by atoms with Gasteiger partial charge in [-0.2, -0.15) is 0 Å². The zero-order chi connectivity index (χ0) is 16.0. The van der Waals surface area contributed by atoms with Gasteiger partial charge in [-0.05, 0) is 38.5 Å². The van der Waals surface area contributed by atoms with E-state index >= 15 is 0 Å². The maximum atomic E-state index is 12.1. The van der Waals surface area contributed by atoms with Gasteiger partial charge in [0.1, 0.15) is 12.3 Å². The molecule has 0 saturated heterocycles. The Morgan fingerprint density at radius 1 is 1.38 bits per heavy atom. The number of hydrogen-bond acceptors (Lipinski definition) is 3. The van der Waals surface area contributed by atoms with Gasteiger partial charge in [-0.1, -0.05) is 12.6 Å². The van der Waals surface area contributed by atoms with Gasteiger partial charge in [0.15, 0.2) is 0 Å². The number of methoxy groups -OCH3 is 1. The second-order valence-corrected chi connectivity index (χ2v) is 4.69. The first kappa shape index (κ1) is 16.8. The van der Waals surface area contributed by atoms with Crippen molar-refractivity contribution in [1.29, 1.82) is 0 Å². The Balaban J connectivity index is 2.84. The van der Waals surface area contributed by atoms with Crippen molar-refractivity contribution in [2.45, 2.75) is 20.8 Å². The number of nitrogens with zero attached hydrogens (tertiary/aromatic N) is 1. The second-order valence-electron chi connectivity index (χ2n) is 4.69. The van der Waals surface area contributed by atoms with Crippen LogP contribution in [0.1, 0.15) is 18.1 Å². The van der Waals surface area contributed by atoms with E-state index in [9.17, 15) is 9.59 Å². The summed E-state index contributed by atoms with van der Waals surface area (Å²) in [5.41, 5.74) is 2.55. The van der Waals surface area contributed by atoms with Crippen molar-refractivity contribution < 1.29 is 14.3 Å². The van der Waals surface area contributed by atoms with Crippen molar-refractivity contribution in [3.8, 4) is 5.75 Å². The number of rotatable bonds is 6. The van der Waals surface area contributed by atoms with E-state index in [1.165, 1.54) is 11.0 Å². The van der Waals surface area contributed by atoms with Gasteiger partial charge in [-0.3, -0.25) is 9.59 Å². The molecule has 1 rings (SSSR count). The minimum Gasteiger partial charge on any atom is -0.496 e. The number of nitrogens with one attached hydrogen (secondary N) is 1. The van der Waals surface area contributed by atoms with Crippen LogP contribution in [-0.4, -0.2) is 36.9 Å². The Labute approximate surface area is 125 Å². The molecule has 1 aromatic carbocycles. The topological polar surface area (TPSA) is 58.6 Å². The molecule has 0 aliphatic heterocycles. The highest BCUT2D eigenvalue weighted by Gasteiger charge is 2.15. The van der Waals surface area contributed by atoms with Crippen LogP contribution in [0.15, 0.2) is 24.8 Å². The summed E-state index contributed by atoms with van der Waals surface area (Å²) in [6.07, 6.45) is 1.21. The fraction of sp³-hybridized carbons (Fsp3) is 0.375. The summed E-state index contributed by atoms with van der Waals surface area (Å²) in [6, 6.07) is 3.71. The number of ether oxygens (including phenoxy) is 1. The minimum atomic E-state index is -0.258. The van der Waals surface area contributed by atoms with Gasteiger partial charge in [0.25, 0.3) is 0 Å². The third-order valence-corrected chi connectivity index (χ3v) is 3.28. The van der Waals surface area contributed by atoms with E-state index in [2.05, 4.69) is 11.9 Å². The molecule has 0 unspecified atom stereocenters. The summed E-state index contributed by atoms with van der Waals surface area (Å²) in [4.78, 5) is 25.0. The largest absolute Gasteiger partial charge is 0.496 e. The zero-order valence-corrected chi connectivity index (χ0v) is 13.0. The number of likely N-dealkylation sites (N-methyl/N-ethyl adjacent to an activating group) is 1. The summed E-state index contributed by atoms with van der Waals surface area (Å²) in [7, 11) is 1.60. The molecular weight excluding hydrogens is 268 g/mol. The fourth-order valence-electron chi connectivity index (χ4n) is 2.11. The molecule has 0 aromatic heterocycles. The smallest absolute Gasteiger partial charge is 0.246 e. The van der Waals surface area contributed by atoms with E-state index in [1.54, 1.807) is 7.11 Å². The lowest BCUT2D eigenvalue weighted by Gasteiger charge is -2.19. The molecule has 0 saturated carbocycles. The first-order valence-electron chi connectivity index (χ1n) is 6.79. The number of anilines is 1. The normalized spacial score (nSPS) is 9.90. The molecule has 5 heteroatoms. The molecule has 0 heterocycles. The highest BCUT2D eigenvalue weighted by molar-refractivity contribution is 5.97. The van der Waals surface area contributed by atoms with Crippen LogP contribution in [0.3, 0.4) is 0 Å². The summed E-state index contributed by atoms with van der Waals surface area (Å²) >= 11 is 0. The van der Waals surface area contributed by atoms with Crippen LogP contribution < -0.4 is 10.1 Å². The van der Waals surface area contributed by atoms with Crippen LogP contribution in [-0.2, 0) is 9.59 Å². The number of amides is 2. The molecule has 114 valence electrons. The van der Waals surface area contributed by atoms with Crippen LogP contribution in [0, 0.1) is 13.8 Å². The van der Waals surface area contributed by atoms with Gasteiger partial charge in [0, 0.05) is 17.8 Å². The molecular formula is C16H22N2O3. The van der Waals surface area contributed by atoms with Crippen LogP contribution in [0.5, 0.6) is 5.75 Å². The Bertz CT molecular complexity index is 553. The van der Waals surface area contributed by atoms with Crippen molar-refractivity contribution in [1.82, 2.24) is 4.90 Å². The molecule has 0 atom stereocenters. The van der Waals surface area contributed by atoms with Crippen LogP contribution in [0.2, 0.25) is 0 Å². The van der Waals surface area contributed by atoms with Crippen molar-refractivity contribution in [2.24, 2.45) is 0 Å². The monoisotopic (exact) mass is 290 g/mol. The van der Waals surface area contributed by atoms with Crippen LogP contribution in [0.25, 0.3) is 0 Å². The van der Waals surface area contributed by atoms with Crippen molar-refractivity contribution in [3.63, 3.8) is 0 Å². The average Bonchev–Trinajstić information content (AvgIpc) is 2.47. The highest BCUT2D eigenvalue weighted by atomic mass is 16.5. The van der Waals surface area contributed by atoms with Gasteiger partial charge in [-0.15, -0.1) is 0 Å². The Kier molecular flexibility index (Phi) is 5.96. The molecule has 21 heavy (non-hydrogen) atoms. The quantitative estimate of drug-likeness (QED) is 0.818. The van der Waals surface area contributed by atoms with Crippen molar-refractivity contribution in [2.75, 3.05) is 25.5 Å². The number of hydrogen-bond donors (Lipinski definition) is 1. The third-order valence-electron chi connectivity index (χ3n) is 3.28. The average molecular weight is 290 g/mol. The molecule has 1 N–H and O–H groups in total. The highest BCUT2D eigenvalue weighted by Crippen LogP contribution is 2.29. The first-order valence-corrected chi connectivity index (χ1v) is 6.79. The number of carbonyl (C=O) groups is 2. The van der Waals surface area contributed by atoms with E-state index in [1.807, 2.05) is 32.9 Å². The molecule has 2 amide bonds. The fourth-order valence-corrected chi connectivity index (χ4v) is 2.11. The van der Waals surface area contributed by atoms with E-state index in [0.29, 0.717) is 12.2 Å². The maximum absolute atomic E-state index is 12.1. The lowest BCUT2D eigenvalue weighted by Crippen LogP contribution is -2.36. The molecule has 0 aliphatic rings. The first-order chi connectivity index (χ1) is 9.94. The minimum absolute atomic E-state index is 0.00299. The number of carbonyl (C=O) groups excluding carboxylic acids is 2. The van der Waals surface area contributed by atoms with Crippen LogP contribution in [0.4, 0.5) is 5.69 Å². The summed E-state index contributed by atoms with van der Waals surface area (Å²) in [5, 5.41) is 2.81. The zero-order valence-electron chi connectivity index (χ0n) is 13.0.